The zero-order valence-electron chi connectivity index (χ0n) is 11.3. The van der Waals surface area contributed by atoms with Crippen LogP contribution < -0.4 is 11.1 Å². The molecule has 5 nitrogen and oxygen atoms in total. The number of benzene rings is 1. The van der Waals surface area contributed by atoms with Gasteiger partial charge in [0.15, 0.2) is 9.84 Å². The van der Waals surface area contributed by atoms with Crippen LogP contribution in [0.4, 0.5) is 11.4 Å². The quantitative estimate of drug-likeness (QED) is 0.772. The van der Waals surface area contributed by atoms with E-state index in [1.807, 2.05) is 6.92 Å². The van der Waals surface area contributed by atoms with Gasteiger partial charge in [-0.2, -0.15) is 0 Å². The Morgan fingerprint density at radius 2 is 2.05 bits per heavy atom. The lowest BCUT2D eigenvalue weighted by Crippen LogP contribution is -2.15. The number of rotatable bonds is 6. The van der Waals surface area contributed by atoms with Crippen molar-refractivity contribution in [1.82, 2.24) is 0 Å². The topological polar surface area (TPSA) is 89.3 Å². The van der Waals surface area contributed by atoms with E-state index in [9.17, 15) is 12.6 Å². The van der Waals surface area contributed by atoms with Gasteiger partial charge in [-0.15, -0.1) is 0 Å². The van der Waals surface area contributed by atoms with E-state index in [1.54, 1.807) is 12.3 Å². The van der Waals surface area contributed by atoms with Crippen molar-refractivity contribution in [2.45, 2.75) is 23.5 Å². The molecule has 19 heavy (non-hydrogen) atoms. The Balaban J connectivity index is 2.69. The highest BCUT2D eigenvalue weighted by atomic mass is 32.2. The third-order valence-corrected chi connectivity index (χ3v) is 5.36. The Labute approximate surface area is 117 Å². The second kappa shape index (κ2) is 6.38. The summed E-state index contributed by atoms with van der Waals surface area (Å²) in [5.41, 5.74) is 6.90. The van der Waals surface area contributed by atoms with Crippen LogP contribution in [0.3, 0.4) is 0 Å². The molecule has 0 saturated carbocycles. The van der Waals surface area contributed by atoms with Gasteiger partial charge in [-0.05, 0) is 24.6 Å². The normalized spacial score (nSPS) is 14.9. The third kappa shape index (κ3) is 4.83. The second-order valence-corrected chi connectivity index (χ2v) is 8.36. The molecule has 0 heterocycles. The molecule has 0 radical (unpaired) electrons. The van der Waals surface area contributed by atoms with Crippen molar-refractivity contribution in [2.75, 3.05) is 30.1 Å². The highest BCUT2D eigenvalue weighted by Gasteiger charge is 2.10. The molecule has 7 heteroatoms. The SMILES string of the molecule is CC(CCNc1ccc(S(C)(=O)=O)cc1N)S(C)=O. The summed E-state index contributed by atoms with van der Waals surface area (Å²) in [5, 5.41) is 3.24. The Morgan fingerprint density at radius 3 is 2.53 bits per heavy atom. The molecule has 2 atom stereocenters. The first kappa shape index (κ1) is 16.0. The average molecular weight is 304 g/mol. The van der Waals surface area contributed by atoms with Crippen LogP contribution in [0.2, 0.25) is 0 Å². The molecule has 0 aromatic heterocycles. The second-order valence-electron chi connectivity index (χ2n) is 4.55. The fourth-order valence-corrected chi connectivity index (χ4v) is 2.61. The van der Waals surface area contributed by atoms with Gasteiger partial charge in [0, 0.05) is 35.1 Å². The lowest BCUT2D eigenvalue weighted by Gasteiger charge is -2.12. The molecule has 0 amide bonds. The number of nitrogens with one attached hydrogen (secondary N) is 1. The average Bonchev–Trinajstić information content (AvgIpc) is 2.29. The van der Waals surface area contributed by atoms with Gasteiger partial charge in [0.05, 0.1) is 16.3 Å². The summed E-state index contributed by atoms with van der Waals surface area (Å²) in [4.78, 5) is 0.207. The van der Waals surface area contributed by atoms with Crippen LogP contribution in [-0.4, -0.2) is 36.9 Å². The fourth-order valence-electron chi connectivity index (χ4n) is 1.51. The monoisotopic (exact) mass is 304 g/mol. The number of sulfone groups is 1. The maximum absolute atomic E-state index is 11.4. The minimum absolute atomic E-state index is 0.115. The van der Waals surface area contributed by atoms with Gasteiger partial charge < -0.3 is 11.1 Å². The summed E-state index contributed by atoms with van der Waals surface area (Å²) in [6, 6.07) is 4.62. The largest absolute Gasteiger partial charge is 0.397 e. The van der Waals surface area contributed by atoms with E-state index in [4.69, 9.17) is 5.73 Å². The van der Waals surface area contributed by atoms with E-state index in [0.29, 0.717) is 17.9 Å². The Kier molecular flexibility index (Phi) is 5.37. The molecule has 1 rings (SSSR count). The molecule has 0 fully saturated rings. The summed E-state index contributed by atoms with van der Waals surface area (Å²) in [6.45, 7) is 2.57. The number of hydrogen-bond acceptors (Lipinski definition) is 5. The molecule has 0 bridgehead atoms. The molecular weight excluding hydrogens is 284 g/mol. The number of hydrogen-bond donors (Lipinski definition) is 2. The Hall–Kier alpha value is -1.08. The van der Waals surface area contributed by atoms with Crippen LogP contribution >= 0.6 is 0 Å². The van der Waals surface area contributed by atoms with E-state index in [1.165, 1.54) is 12.1 Å². The van der Waals surface area contributed by atoms with Gasteiger partial charge in [0.2, 0.25) is 0 Å². The van der Waals surface area contributed by atoms with Crippen LogP contribution in [0.5, 0.6) is 0 Å². The molecule has 0 aliphatic heterocycles. The zero-order valence-corrected chi connectivity index (χ0v) is 13.0. The van der Waals surface area contributed by atoms with Crippen molar-refractivity contribution in [3.8, 4) is 0 Å². The van der Waals surface area contributed by atoms with Crippen LogP contribution in [0, 0.1) is 0 Å². The summed E-state index contributed by atoms with van der Waals surface area (Å²) in [6.07, 6.45) is 3.59. The van der Waals surface area contributed by atoms with Crippen LogP contribution in [-0.2, 0) is 20.6 Å². The first-order valence-electron chi connectivity index (χ1n) is 5.87. The molecule has 1 aromatic carbocycles. The maximum atomic E-state index is 11.4. The summed E-state index contributed by atoms with van der Waals surface area (Å²) < 4.78 is 33.9. The van der Waals surface area contributed by atoms with E-state index in [2.05, 4.69) is 5.32 Å². The van der Waals surface area contributed by atoms with Crippen molar-refractivity contribution in [2.24, 2.45) is 0 Å². The number of nitrogens with two attached hydrogens (primary N) is 1. The van der Waals surface area contributed by atoms with Crippen molar-refractivity contribution in [1.29, 1.82) is 0 Å². The standard InChI is InChI=1S/C12H20N2O3S2/c1-9(18(2)15)6-7-14-12-5-4-10(8-11(12)13)19(3,16)17/h4-5,8-9,14H,6-7,13H2,1-3H3. The van der Waals surface area contributed by atoms with Crippen molar-refractivity contribution in [3.63, 3.8) is 0 Å². The lowest BCUT2D eigenvalue weighted by atomic mass is 10.2. The van der Waals surface area contributed by atoms with Gasteiger partial charge in [-0.25, -0.2) is 8.42 Å². The van der Waals surface area contributed by atoms with Crippen molar-refractivity contribution < 1.29 is 12.6 Å². The molecule has 0 aliphatic rings. The smallest absolute Gasteiger partial charge is 0.175 e. The molecular formula is C12H20N2O3S2. The minimum Gasteiger partial charge on any atom is -0.397 e. The highest BCUT2D eigenvalue weighted by molar-refractivity contribution is 7.90. The van der Waals surface area contributed by atoms with E-state index >= 15 is 0 Å². The van der Waals surface area contributed by atoms with E-state index in [0.717, 1.165) is 12.7 Å². The Bertz CT molecular complexity index is 570. The summed E-state index contributed by atoms with van der Waals surface area (Å²) in [5.74, 6) is 0. The highest BCUT2D eigenvalue weighted by Crippen LogP contribution is 2.22. The molecule has 3 N–H and O–H groups in total. The lowest BCUT2D eigenvalue weighted by molar-refractivity contribution is 0.602. The van der Waals surface area contributed by atoms with Crippen molar-refractivity contribution >= 4 is 32.0 Å². The van der Waals surface area contributed by atoms with Gasteiger partial charge >= 0.3 is 0 Å². The third-order valence-electron chi connectivity index (χ3n) is 2.88. The zero-order chi connectivity index (χ0) is 14.6. The van der Waals surface area contributed by atoms with Gasteiger partial charge in [-0.1, -0.05) is 6.92 Å². The predicted molar refractivity (Wildman–Crippen MR) is 80.6 cm³/mol. The summed E-state index contributed by atoms with van der Waals surface area (Å²) >= 11 is 0. The van der Waals surface area contributed by atoms with E-state index in [-0.39, 0.29) is 10.1 Å². The molecule has 0 aliphatic carbocycles. The first-order chi connectivity index (χ1) is 8.71. The molecule has 0 saturated heterocycles. The maximum Gasteiger partial charge on any atom is 0.175 e. The van der Waals surface area contributed by atoms with Crippen LogP contribution in [0.1, 0.15) is 13.3 Å². The van der Waals surface area contributed by atoms with Gasteiger partial charge in [0.25, 0.3) is 0 Å². The number of anilines is 2. The van der Waals surface area contributed by atoms with Crippen LogP contribution in [0.15, 0.2) is 23.1 Å². The number of nitrogen functional groups attached to an aromatic ring is 1. The first-order valence-corrected chi connectivity index (χ1v) is 9.38. The Morgan fingerprint density at radius 1 is 1.42 bits per heavy atom. The fraction of sp³-hybridized carbons (Fsp3) is 0.500. The molecule has 0 spiro atoms. The van der Waals surface area contributed by atoms with Gasteiger partial charge in [-0.3, -0.25) is 4.21 Å². The van der Waals surface area contributed by atoms with E-state index < -0.39 is 20.6 Å². The van der Waals surface area contributed by atoms with Gasteiger partial charge in [0.1, 0.15) is 0 Å². The molecule has 108 valence electrons. The van der Waals surface area contributed by atoms with Crippen LogP contribution in [0.25, 0.3) is 0 Å². The minimum atomic E-state index is -3.24. The molecule has 1 aromatic rings. The predicted octanol–water partition coefficient (Wildman–Crippen LogP) is 1.24. The molecule has 2 unspecified atom stereocenters. The van der Waals surface area contributed by atoms with Crippen molar-refractivity contribution in [3.05, 3.63) is 18.2 Å². The summed E-state index contributed by atoms with van der Waals surface area (Å²) in [7, 11) is -4.07.